The number of amides is 1. The van der Waals surface area contributed by atoms with Crippen molar-refractivity contribution >= 4 is 11.6 Å². The molecule has 1 amide bonds. The molecule has 0 aliphatic rings. The molecule has 2 N–H and O–H groups in total. The van der Waals surface area contributed by atoms with E-state index in [-0.39, 0.29) is 17.9 Å². The van der Waals surface area contributed by atoms with Gasteiger partial charge in [-0.2, -0.15) is 18.4 Å². The van der Waals surface area contributed by atoms with Crippen molar-refractivity contribution < 1.29 is 22.7 Å². The SMILES string of the molecule is C=C(NNC(=O)COc1ccc(C#N)cc1)c1cccc(C(F)(F)F)c1. The van der Waals surface area contributed by atoms with Crippen LogP contribution in [0.4, 0.5) is 13.2 Å². The Hall–Kier alpha value is -3.47. The first-order valence-electron chi connectivity index (χ1n) is 7.34. The van der Waals surface area contributed by atoms with Gasteiger partial charge in [0.25, 0.3) is 5.91 Å². The molecule has 2 aromatic carbocycles. The molecule has 0 aromatic heterocycles. The Morgan fingerprint density at radius 3 is 2.46 bits per heavy atom. The molecule has 2 rings (SSSR count). The molecular weight excluding hydrogens is 347 g/mol. The van der Waals surface area contributed by atoms with Crippen LogP contribution < -0.4 is 15.6 Å². The van der Waals surface area contributed by atoms with Crippen molar-refractivity contribution in [3.8, 4) is 11.8 Å². The second-order valence-electron chi connectivity index (χ2n) is 5.16. The summed E-state index contributed by atoms with van der Waals surface area (Å²) in [6, 6.07) is 12.7. The van der Waals surface area contributed by atoms with Crippen LogP contribution in [-0.4, -0.2) is 12.5 Å². The van der Waals surface area contributed by atoms with Gasteiger partial charge in [-0.05, 0) is 42.0 Å². The summed E-state index contributed by atoms with van der Waals surface area (Å²) < 4.78 is 43.3. The molecule has 0 atom stereocenters. The molecule has 5 nitrogen and oxygen atoms in total. The van der Waals surface area contributed by atoms with Crippen molar-refractivity contribution in [3.63, 3.8) is 0 Å². The Morgan fingerprint density at radius 2 is 1.85 bits per heavy atom. The van der Waals surface area contributed by atoms with Gasteiger partial charge in [-0.25, -0.2) is 0 Å². The lowest BCUT2D eigenvalue weighted by Crippen LogP contribution is -2.39. The first-order chi connectivity index (χ1) is 12.3. The summed E-state index contributed by atoms with van der Waals surface area (Å²) in [4.78, 5) is 11.7. The number of halogens is 3. The first kappa shape index (κ1) is 18.9. The Kier molecular flexibility index (Phi) is 5.86. The molecule has 8 heteroatoms. The van der Waals surface area contributed by atoms with Gasteiger partial charge in [0.2, 0.25) is 0 Å². The number of hydrogen-bond donors (Lipinski definition) is 2. The maximum atomic E-state index is 12.7. The third kappa shape index (κ3) is 5.27. The minimum absolute atomic E-state index is 0.0998. The zero-order chi connectivity index (χ0) is 19.2. The van der Waals surface area contributed by atoms with Crippen molar-refractivity contribution in [2.75, 3.05) is 6.61 Å². The minimum Gasteiger partial charge on any atom is -0.484 e. The molecule has 0 unspecified atom stereocenters. The minimum atomic E-state index is -4.46. The summed E-state index contributed by atoms with van der Waals surface area (Å²) in [6.07, 6.45) is -4.46. The second-order valence-corrected chi connectivity index (χ2v) is 5.16. The number of benzene rings is 2. The zero-order valence-corrected chi connectivity index (χ0v) is 13.4. The van der Waals surface area contributed by atoms with Crippen molar-refractivity contribution in [2.24, 2.45) is 0 Å². The highest BCUT2D eigenvalue weighted by Gasteiger charge is 2.30. The van der Waals surface area contributed by atoms with Gasteiger partial charge in [0.15, 0.2) is 6.61 Å². The molecule has 0 fully saturated rings. The van der Waals surface area contributed by atoms with E-state index in [0.29, 0.717) is 11.3 Å². The van der Waals surface area contributed by atoms with E-state index >= 15 is 0 Å². The van der Waals surface area contributed by atoms with E-state index < -0.39 is 17.6 Å². The van der Waals surface area contributed by atoms with Gasteiger partial charge in [0.1, 0.15) is 5.75 Å². The van der Waals surface area contributed by atoms with Crippen LogP contribution in [0.15, 0.2) is 55.1 Å². The van der Waals surface area contributed by atoms with Crippen LogP contribution in [0.3, 0.4) is 0 Å². The molecule has 2 aromatic rings. The van der Waals surface area contributed by atoms with E-state index in [2.05, 4.69) is 17.4 Å². The highest BCUT2D eigenvalue weighted by molar-refractivity contribution is 5.78. The number of nitrogens with one attached hydrogen (secondary N) is 2. The van der Waals surface area contributed by atoms with Crippen LogP contribution in [0, 0.1) is 11.3 Å². The van der Waals surface area contributed by atoms with Crippen LogP contribution in [0.2, 0.25) is 0 Å². The fourth-order valence-electron chi connectivity index (χ4n) is 1.91. The fraction of sp³-hybridized carbons (Fsp3) is 0.111. The van der Waals surface area contributed by atoms with Crippen molar-refractivity contribution in [1.29, 1.82) is 5.26 Å². The number of hydrazine groups is 1. The quantitative estimate of drug-likeness (QED) is 0.775. The van der Waals surface area contributed by atoms with E-state index in [0.717, 1.165) is 12.1 Å². The summed E-state index contributed by atoms with van der Waals surface area (Å²) in [5.41, 5.74) is 4.67. The Bertz CT molecular complexity index is 840. The standard InChI is InChI=1S/C18H14F3N3O2/c1-12(14-3-2-4-15(9-14)18(19,20)21)23-24-17(25)11-26-16-7-5-13(10-22)6-8-16/h2-9,23H,1,11H2,(H,24,25). The fourth-order valence-corrected chi connectivity index (χ4v) is 1.91. The van der Waals surface area contributed by atoms with Crippen molar-refractivity contribution in [2.45, 2.75) is 6.18 Å². The highest BCUT2D eigenvalue weighted by atomic mass is 19.4. The van der Waals surface area contributed by atoms with Gasteiger partial charge in [-0.1, -0.05) is 18.7 Å². The van der Waals surface area contributed by atoms with E-state index in [9.17, 15) is 18.0 Å². The molecule has 0 radical (unpaired) electrons. The van der Waals surface area contributed by atoms with E-state index in [1.807, 2.05) is 6.07 Å². The van der Waals surface area contributed by atoms with Gasteiger partial charge in [0, 0.05) is 0 Å². The molecular formula is C18H14F3N3O2. The highest BCUT2D eigenvalue weighted by Crippen LogP contribution is 2.30. The number of alkyl halides is 3. The molecule has 134 valence electrons. The van der Waals surface area contributed by atoms with E-state index in [1.54, 1.807) is 24.3 Å². The summed E-state index contributed by atoms with van der Waals surface area (Å²) >= 11 is 0. The Labute approximate surface area is 147 Å². The third-order valence-corrected chi connectivity index (χ3v) is 3.24. The third-order valence-electron chi connectivity index (χ3n) is 3.24. The molecule has 0 bridgehead atoms. The van der Waals surface area contributed by atoms with Crippen LogP contribution in [-0.2, 0) is 11.0 Å². The van der Waals surface area contributed by atoms with Crippen LogP contribution in [0.1, 0.15) is 16.7 Å². The van der Waals surface area contributed by atoms with Crippen LogP contribution >= 0.6 is 0 Å². The smallest absolute Gasteiger partial charge is 0.416 e. The number of hydrogen-bond acceptors (Lipinski definition) is 4. The molecule has 0 aliphatic heterocycles. The summed E-state index contributed by atoms with van der Waals surface area (Å²) in [5.74, 6) is -0.154. The van der Waals surface area contributed by atoms with Gasteiger partial charge >= 0.3 is 6.18 Å². The predicted octanol–water partition coefficient (Wildman–Crippen LogP) is 3.25. The number of carbonyl (C=O) groups is 1. The Morgan fingerprint density at radius 1 is 1.15 bits per heavy atom. The average molecular weight is 361 g/mol. The van der Waals surface area contributed by atoms with E-state index in [4.69, 9.17) is 10.00 Å². The normalized spacial score (nSPS) is 10.5. The maximum Gasteiger partial charge on any atom is 0.416 e. The number of carbonyl (C=O) groups excluding carboxylic acids is 1. The number of nitrogens with zero attached hydrogens (tertiary/aromatic N) is 1. The van der Waals surface area contributed by atoms with Crippen molar-refractivity contribution in [3.05, 3.63) is 71.8 Å². The molecule has 0 aliphatic carbocycles. The van der Waals surface area contributed by atoms with Crippen molar-refractivity contribution in [1.82, 2.24) is 10.9 Å². The predicted molar refractivity (Wildman–Crippen MR) is 88.4 cm³/mol. The topological polar surface area (TPSA) is 74.2 Å². The second kappa shape index (κ2) is 8.07. The lowest BCUT2D eigenvalue weighted by atomic mass is 10.1. The summed E-state index contributed by atoms with van der Waals surface area (Å²) in [5, 5.41) is 8.69. The lowest BCUT2D eigenvalue weighted by molar-refractivity contribution is -0.137. The lowest BCUT2D eigenvalue weighted by Gasteiger charge is -2.13. The number of nitriles is 1. The zero-order valence-electron chi connectivity index (χ0n) is 13.4. The Balaban J connectivity index is 1.85. The van der Waals surface area contributed by atoms with Crippen LogP contribution in [0.5, 0.6) is 5.75 Å². The average Bonchev–Trinajstić information content (AvgIpc) is 2.64. The monoisotopic (exact) mass is 361 g/mol. The summed E-state index contributed by atoms with van der Waals surface area (Å²) in [7, 11) is 0. The molecule has 26 heavy (non-hydrogen) atoms. The van der Waals surface area contributed by atoms with E-state index in [1.165, 1.54) is 12.1 Å². The molecule has 0 spiro atoms. The maximum absolute atomic E-state index is 12.7. The molecule has 0 heterocycles. The van der Waals surface area contributed by atoms with Crippen LogP contribution in [0.25, 0.3) is 5.70 Å². The van der Waals surface area contributed by atoms with Gasteiger partial charge in [0.05, 0.1) is 22.9 Å². The first-order valence-corrected chi connectivity index (χ1v) is 7.34. The number of ether oxygens (including phenoxy) is 1. The summed E-state index contributed by atoms with van der Waals surface area (Å²) in [6.45, 7) is 3.27. The largest absolute Gasteiger partial charge is 0.484 e. The molecule has 0 saturated heterocycles. The van der Waals surface area contributed by atoms with Gasteiger partial charge in [-0.3, -0.25) is 15.6 Å². The number of rotatable bonds is 6. The van der Waals surface area contributed by atoms with Gasteiger partial charge in [-0.15, -0.1) is 0 Å². The van der Waals surface area contributed by atoms with Gasteiger partial charge < -0.3 is 4.74 Å². The molecule has 0 saturated carbocycles.